The van der Waals surface area contributed by atoms with Gasteiger partial charge >= 0.3 is 0 Å². The van der Waals surface area contributed by atoms with Gasteiger partial charge in [-0.2, -0.15) is 0 Å². The van der Waals surface area contributed by atoms with Gasteiger partial charge in [0, 0.05) is 24.0 Å². The predicted molar refractivity (Wildman–Crippen MR) is 128 cm³/mol. The summed E-state index contributed by atoms with van der Waals surface area (Å²) in [5.74, 6) is 3.63. The van der Waals surface area contributed by atoms with Crippen molar-refractivity contribution in [2.24, 2.45) is 5.92 Å². The van der Waals surface area contributed by atoms with Crippen LogP contribution in [0.4, 0.5) is 0 Å². The minimum atomic E-state index is 0.363. The molecule has 3 heteroatoms. The molecular weight excluding hydrogens is 380 g/mol. The van der Waals surface area contributed by atoms with Crippen LogP contribution in [0.2, 0.25) is 0 Å². The van der Waals surface area contributed by atoms with Gasteiger partial charge in [-0.1, -0.05) is 76.2 Å². The highest BCUT2D eigenvalue weighted by atomic mass is 16.5. The van der Waals surface area contributed by atoms with Crippen LogP contribution < -0.4 is 4.74 Å². The van der Waals surface area contributed by atoms with Gasteiger partial charge in [0.15, 0.2) is 0 Å². The minimum absolute atomic E-state index is 0.363. The van der Waals surface area contributed by atoms with Gasteiger partial charge in [-0.05, 0) is 47.6 Å². The maximum absolute atomic E-state index is 6.30. The van der Waals surface area contributed by atoms with Crippen molar-refractivity contribution < 1.29 is 4.74 Å². The summed E-state index contributed by atoms with van der Waals surface area (Å²) in [7, 11) is 0. The molecule has 0 bridgehead atoms. The monoisotopic (exact) mass is 410 g/mol. The van der Waals surface area contributed by atoms with Gasteiger partial charge in [0.2, 0.25) is 0 Å². The predicted octanol–water partition coefficient (Wildman–Crippen LogP) is 7.65. The Kier molecular flexibility index (Phi) is 6.22. The average molecular weight is 411 g/mol. The van der Waals surface area contributed by atoms with Crippen molar-refractivity contribution in [1.29, 1.82) is 0 Å². The zero-order valence-corrected chi connectivity index (χ0v) is 18.7. The Bertz CT molecular complexity index is 1140. The van der Waals surface area contributed by atoms with Gasteiger partial charge < -0.3 is 4.74 Å². The van der Waals surface area contributed by atoms with Crippen molar-refractivity contribution in [3.05, 3.63) is 96.3 Å². The van der Waals surface area contributed by atoms with Crippen molar-refractivity contribution in [3.63, 3.8) is 0 Å². The standard InChI is InChI=1S/C28H30N2O/c1-20(2)18-22-10-8-9-13-26(22)28-29-16-17-30(28)23-14-15-25(21(3)4)27(19-23)31-24-11-6-5-7-12-24/h5-17,19-21H,18H2,1-4H3. The maximum atomic E-state index is 6.30. The second kappa shape index (κ2) is 9.22. The van der Waals surface area contributed by atoms with E-state index in [9.17, 15) is 0 Å². The highest BCUT2D eigenvalue weighted by Crippen LogP contribution is 2.34. The second-order valence-electron chi connectivity index (χ2n) is 8.67. The molecule has 0 aliphatic heterocycles. The van der Waals surface area contributed by atoms with Crippen LogP contribution in [0, 0.1) is 5.92 Å². The Morgan fingerprint density at radius 3 is 2.35 bits per heavy atom. The molecule has 0 spiro atoms. The van der Waals surface area contributed by atoms with Crippen molar-refractivity contribution in [3.8, 4) is 28.6 Å². The van der Waals surface area contributed by atoms with E-state index in [4.69, 9.17) is 9.72 Å². The molecule has 0 radical (unpaired) electrons. The zero-order valence-electron chi connectivity index (χ0n) is 18.7. The zero-order chi connectivity index (χ0) is 21.8. The molecule has 4 rings (SSSR count). The number of ether oxygens (including phenoxy) is 1. The number of benzene rings is 3. The van der Waals surface area contributed by atoms with E-state index >= 15 is 0 Å². The van der Waals surface area contributed by atoms with E-state index in [2.05, 4.69) is 74.7 Å². The Balaban J connectivity index is 1.77. The number of imidazole rings is 1. The second-order valence-corrected chi connectivity index (χ2v) is 8.67. The Hall–Kier alpha value is -3.33. The van der Waals surface area contributed by atoms with Crippen LogP contribution in [0.25, 0.3) is 17.1 Å². The van der Waals surface area contributed by atoms with E-state index in [-0.39, 0.29) is 0 Å². The van der Waals surface area contributed by atoms with Crippen LogP contribution in [0.1, 0.15) is 44.7 Å². The van der Waals surface area contributed by atoms with Crippen LogP contribution in [0.15, 0.2) is 85.2 Å². The van der Waals surface area contributed by atoms with Gasteiger partial charge in [0.25, 0.3) is 0 Å². The van der Waals surface area contributed by atoms with Gasteiger partial charge in [0.1, 0.15) is 17.3 Å². The summed E-state index contributed by atoms with van der Waals surface area (Å²) in [5, 5.41) is 0. The van der Waals surface area contributed by atoms with E-state index < -0.39 is 0 Å². The lowest BCUT2D eigenvalue weighted by molar-refractivity contribution is 0.473. The first kappa shape index (κ1) is 20.9. The molecule has 158 valence electrons. The molecule has 0 aliphatic rings. The highest BCUT2D eigenvalue weighted by Gasteiger charge is 2.15. The topological polar surface area (TPSA) is 27.1 Å². The van der Waals surface area contributed by atoms with E-state index in [1.54, 1.807) is 0 Å². The van der Waals surface area contributed by atoms with Gasteiger partial charge in [-0.3, -0.25) is 4.57 Å². The number of para-hydroxylation sites is 1. The summed E-state index contributed by atoms with van der Waals surface area (Å²) in [4.78, 5) is 4.72. The number of rotatable bonds is 7. The number of nitrogens with zero attached hydrogens (tertiary/aromatic N) is 2. The first-order valence-corrected chi connectivity index (χ1v) is 11.0. The van der Waals surface area contributed by atoms with E-state index in [1.165, 1.54) is 16.7 Å². The molecule has 0 aliphatic carbocycles. The fourth-order valence-electron chi connectivity index (χ4n) is 3.92. The number of hydrogen-bond acceptors (Lipinski definition) is 2. The van der Waals surface area contributed by atoms with Crippen LogP contribution in [0.5, 0.6) is 11.5 Å². The molecular formula is C28H30N2O. The molecule has 1 heterocycles. The lowest BCUT2D eigenvalue weighted by Crippen LogP contribution is -2.03. The van der Waals surface area contributed by atoms with Crippen molar-refractivity contribution in [2.45, 2.75) is 40.0 Å². The van der Waals surface area contributed by atoms with Crippen LogP contribution in [-0.2, 0) is 6.42 Å². The van der Waals surface area contributed by atoms with Crippen molar-refractivity contribution in [1.82, 2.24) is 9.55 Å². The third kappa shape index (κ3) is 4.72. The van der Waals surface area contributed by atoms with Crippen molar-refractivity contribution in [2.75, 3.05) is 0 Å². The Labute approximate surface area is 185 Å². The van der Waals surface area contributed by atoms with Gasteiger partial charge in [0.05, 0.1) is 5.69 Å². The molecule has 1 aromatic heterocycles. The van der Waals surface area contributed by atoms with Gasteiger partial charge in [-0.15, -0.1) is 0 Å². The molecule has 3 nitrogen and oxygen atoms in total. The summed E-state index contributed by atoms with van der Waals surface area (Å²) in [6, 6.07) is 25.0. The fraction of sp³-hybridized carbons (Fsp3) is 0.250. The molecule has 0 saturated heterocycles. The molecule has 31 heavy (non-hydrogen) atoms. The van der Waals surface area contributed by atoms with Crippen LogP contribution in [0.3, 0.4) is 0 Å². The van der Waals surface area contributed by atoms with E-state index in [0.29, 0.717) is 11.8 Å². The molecule has 0 amide bonds. The van der Waals surface area contributed by atoms with Crippen molar-refractivity contribution >= 4 is 0 Å². The van der Waals surface area contributed by atoms with E-state index in [0.717, 1.165) is 29.4 Å². The maximum Gasteiger partial charge on any atom is 0.144 e. The first-order valence-electron chi connectivity index (χ1n) is 11.0. The molecule has 4 aromatic rings. The molecule has 0 saturated carbocycles. The normalized spacial score (nSPS) is 11.3. The fourth-order valence-corrected chi connectivity index (χ4v) is 3.92. The van der Waals surface area contributed by atoms with Crippen LogP contribution >= 0.6 is 0 Å². The molecule has 0 unspecified atom stereocenters. The summed E-state index contributed by atoms with van der Waals surface area (Å²) < 4.78 is 8.45. The summed E-state index contributed by atoms with van der Waals surface area (Å²) in [6.07, 6.45) is 4.92. The number of aromatic nitrogens is 2. The smallest absolute Gasteiger partial charge is 0.144 e. The molecule has 0 fully saturated rings. The number of hydrogen-bond donors (Lipinski definition) is 0. The Morgan fingerprint density at radius 2 is 1.61 bits per heavy atom. The molecule has 3 aromatic carbocycles. The minimum Gasteiger partial charge on any atom is -0.457 e. The third-order valence-electron chi connectivity index (χ3n) is 5.40. The van der Waals surface area contributed by atoms with Crippen LogP contribution in [-0.4, -0.2) is 9.55 Å². The largest absolute Gasteiger partial charge is 0.457 e. The lowest BCUT2D eigenvalue weighted by atomic mass is 9.97. The Morgan fingerprint density at radius 1 is 0.871 bits per heavy atom. The summed E-state index contributed by atoms with van der Waals surface area (Å²) in [5.41, 5.74) is 4.74. The average Bonchev–Trinajstić information content (AvgIpc) is 3.24. The quantitative estimate of drug-likeness (QED) is 0.313. The summed E-state index contributed by atoms with van der Waals surface area (Å²) in [6.45, 7) is 8.89. The first-order chi connectivity index (χ1) is 15.0. The summed E-state index contributed by atoms with van der Waals surface area (Å²) >= 11 is 0. The molecule has 0 atom stereocenters. The SMILES string of the molecule is CC(C)Cc1ccccc1-c1nccn1-c1ccc(C(C)C)c(Oc2ccccc2)c1. The lowest BCUT2D eigenvalue weighted by Gasteiger charge is -2.17. The third-order valence-corrected chi connectivity index (χ3v) is 5.40. The van der Waals surface area contributed by atoms with Gasteiger partial charge in [-0.25, -0.2) is 4.98 Å². The molecule has 0 N–H and O–H groups in total. The van der Waals surface area contributed by atoms with E-state index in [1.807, 2.05) is 42.7 Å². The highest BCUT2D eigenvalue weighted by molar-refractivity contribution is 5.64.